The monoisotopic (exact) mass is 266 g/mol. The van der Waals surface area contributed by atoms with Gasteiger partial charge in [-0.1, -0.05) is 29.3 Å². The Morgan fingerprint density at radius 1 is 1.36 bits per heavy atom. The van der Waals surface area contributed by atoms with Crippen LogP contribution in [0.1, 0.15) is 40.0 Å². The summed E-state index contributed by atoms with van der Waals surface area (Å²) < 4.78 is 5.45. The van der Waals surface area contributed by atoms with Gasteiger partial charge >= 0.3 is 0 Å². The molecule has 0 aromatic rings. The molecule has 0 rings (SSSR count). The van der Waals surface area contributed by atoms with Gasteiger partial charge in [-0.3, -0.25) is 0 Å². The van der Waals surface area contributed by atoms with Crippen molar-refractivity contribution >= 4 is 15.9 Å². The summed E-state index contributed by atoms with van der Waals surface area (Å²) in [5, 5.41) is 8.88. The summed E-state index contributed by atoms with van der Waals surface area (Å²) in [5.74, 6) is 0.408. The van der Waals surface area contributed by atoms with E-state index >= 15 is 0 Å². The SMILES string of the molecule is COC(CCCC(C)CO)C(C)(C)Br. The molecule has 3 heteroatoms. The molecule has 0 aliphatic carbocycles. The highest BCUT2D eigenvalue weighted by Gasteiger charge is 2.25. The van der Waals surface area contributed by atoms with Crippen LogP contribution in [0.4, 0.5) is 0 Å². The Bertz CT molecular complexity index is 143. The van der Waals surface area contributed by atoms with Crippen molar-refractivity contribution in [2.24, 2.45) is 5.92 Å². The quantitative estimate of drug-likeness (QED) is 0.718. The Morgan fingerprint density at radius 3 is 2.29 bits per heavy atom. The fourth-order valence-electron chi connectivity index (χ4n) is 1.48. The number of hydrogen-bond acceptors (Lipinski definition) is 2. The van der Waals surface area contributed by atoms with E-state index in [0.717, 1.165) is 19.3 Å². The molecule has 0 heterocycles. The molecule has 0 amide bonds. The highest BCUT2D eigenvalue weighted by Crippen LogP contribution is 2.27. The number of aliphatic hydroxyl groups excluding tert-OH is 1. The van der Waals surface area contributed by atoms with Crippen LogP contribution >= 0.6 is 15.9 Å². The van der Waals surface area contributed by atoms with E-state index < -0.39 is 0 Å². The Kier molecular flexibility index (Phi) is 7.00. The minimum Gasteiger partial charge on any atom is -0.396 e. The number of ether oxygens (including phenoxy) is 1. The molecule has 0 saturated carbocycles. The number of alkyl halides is 1. The molecule has 0 aliphatic rings. The van der Waals surface area contributed by atoms with Gasteiger partial charge in [0.2, 0.25) is 0 Å². The Hall–Kier alpha value is 0.400. The molecule has 14 heavy (non-hydrogen) atoms. The third-order valence-corrected chi connectivity index (χ3v) is 3.04. The van der Waals surface area contributed by atoms with E-state index in [1.807, 2.05) is 0 Å². The summed E-state index contributed by atoms with van der Waals surface area (Å²) in [6.07, 6.45) is 3.46. The maximum atomic E-state index is 8.88. The molecule has 86 valence electrons. The third-order valence-electron chi connectivity index (χ3n) is 2.53. The van der Waals surface area contributed by atoms with Crippen LogP contribution in [-0.2, 0) is 4.74 Å². The van der Waals surface area contributed by atoms with Crippen molar-refractivity contribution in [3.8, 4) is 0 Å². The van der Waals surface area contributed by atoms with E-state index in [2.05, 4.69) is 36.7 Å². The topological polar surface area (TPSA) is 29.5 Å². The van der Waals surface area contributed by atoms with Crippen LogP contribution in [0.2, 0.25) is 0 Å². The largest absolute Gasteiger partial charge is 0.396 e. The molecule has 0 aliphatic heterocycles. The van der Waals surface area contributed by atoms with Gasteiger partial charge in [-0.25, -0.2) is 0 Å². The first-order valence-electron chi connectivity index (χ1n) is 5.24. The zero-order valence-electron chi connectivity index (χ0n) is 9.72. The highest BCUT2D eigenvalue weighted by atomic mass is 79.9. The molecule has 0 fully saturated rings. The molecule has 1 N–H and O–H groups in total. The van der Waals surface area contributed by atoms with Crippen molar-refractivity contribution in [1.29, 1.82) is 0 Å². The second-order valence-electron chi connectivity index (χ2n) is 4.51. The van der Waals surface area contributed by atoms with Gasteiger partial charge in [-0.15, -0.1) is 0 Å². The van der Waals surface area contributed by atoms with Gasteiger partial charge in [-0.05, 0) is 32.6 Å². The van der Waals surface area contributed by atoms with Gasteiger partial charge in [0.15, 0.2) is 0 Å². The van der Waals surface area contributed by atoms with E-state index in [4.69, 9.17) is 9.84 Å². The second-order valence-corrected chi connectivity index (χ2v) is 6.55. The van der Waals surface area contributed by atoms with Gasteiger partial charge in [0.1, 0.15) is 0 Å². The maximum absolute atomic E-state index is 8.88. The van der Waals surface area contributed by atoms with E-state index in [1.54, 1.807) is 7.11 Å². The van der Waals surface area contributed by atoms with Gasteiger partial charge in [-0.2, -0.15) is 0 Å². The van der Waals surface area contributed by atoms with Gasteiger partial charge in [0.05, 0.1) is 6.10 Å². The van der Waals surface area contributed by atoms with Gasteiger partial charge in [0, 0.05) is 18.0 Å². The lowest BCUT2D eigenvalue weighted by Gasteiger charge is -2.27. The van der Waals surface area contributed by atoms with Crippen molar-refractivity contribution in [1.82, 2.24) is 0 Å². The van der Waals surface area contributed by atoms with Crippen molar-refractivity contribution in [2.45, 2.75) is 50.5 Å². The first kappa shape index (κ1) is 14.4. The Balaban J connectivity index is 3.74. The Morgan fingerprint density at radius 2 is 1.93 bits per heavy atom. The molecule has 2 unspecified atom stereocenters. The second kappa shape index (κ2) is 6.81. The molecule has 0 aromatic carbocycles. The summed E-state index contributed by atoms with van der Waals surface area (Å²) in [6.45, 7) is 6.60. The molecule has 0 aromatic heterocycles. The number of aliphatic hydroxyl groups is 1. The molecule has 2 atom stereocenters. The fourth-order valence-corrected chi connectivity index (χ4v) is 1.90. The summed E-state index contributed by atoms with van der Waals surface area (Å²) in [7, 11) is 1.75. The van der Waals surface area contributed by atoms with Crippen LogP contribution in [-0.4, -0.2) is 29.3 Å². The lowest BCUT2D eigenvalue weighted by atomic mass is 9.97. The lowest BCUT2D eigenvalue weighted by molar-refractivity contribution is 0.0693. The maximum Gasteiger partial charge on any atom is 0.0718 e. The fraction of sp³-hybridized carbons (Fsp3) is 1.00. The number of methoxy groups -OCH3 is 1. The van der Waals surface area contributed by atoms with Crippen molar-refractivity contribution in [2.75, 3.05) is 13.7 Å². The first-order chi connectivity index (χ1) is 6.41. The van der Waals surface area contributed by atoms with Crippen molar-refractivity contribution < 1.29 is 9.84 Å². The van der Waals surface area contributed by atoms with E-state index in [1.165, 1.54) is 0 Å². The van der Waals surface area contributed by atoms with Crippen molar-refractivity contribution in [3.63, 3.8) is 0 Å². The normalized spacial score (nSPS) is 16.7. The van der Waals surface area contributed by atoms with Gasteiger partial charge in [0.25, 0.3) is 0 Å². The highest BCUT2D eigenvalue weighted by molar-refractivity contribution is 9.10. The zero-order valence-corrected chi connectivity index (χ0v) is 11.3. The van der Waals surface area contributed by atoms with Crippen LogP contribution in [0.3, 0.4) is 0 Å². The molecule has 0 radical (unpaired) electrons. The third kappa shape index (κ3) is 5.99. The lowest BCUT2D eigenvalue weighted by Crippen LogP contribution is -2.31. The average Bonchev–Trinajstić information content (AvgIpc) is 2.09. The summed E-state index contributed by atoms with van der Waals surface area (Å²) in [5.41, 5.74) is 0. The zero-order chi connectivity index (χ0) is 11.2. The molecular formula is C11H23BrO2. The number of rotatable bonds is 7. The minimum absolute atomic E-state index is 0.0319. The van der Waals surface area contributed by atoms with E-state index in [-0.39, 0.29) is 17.0 Å². The predicted octanol–water partition coefficient (Wildman–Crippen LogP) is 2.97. The predicted molar refractivity (Wildman–Crippen MR) is 63.9 cm³/mol. The average molecular weight is 267 g/mol. The molecule has 2 nitrogen and oxygen atoms in total. The van der Waals surface area contributed by atoms with Gasteiger partial charge < -0.3 is 9.84 Å². The minimum atomic E-state index is 0.0319. The Labute approximate surface area is 96.2 Å². The first-order valence-corrected chi connectivity index (χ1v) is 6.03. The van der Waals surface area contributed by atoms with Crippen molar-refractivity contribution in [3.05, 3.63) is 0 Å². The van der Waals surface area contributed by atoms with Crippen LogP contribution in [0, 0.1) is 5.92 Å². The number of halogens is 1. The smallest absolute Gasteiger partial charge is 0.0718 e. The summed E-state index contributed by atoms with van der Waals surface area (Å²) in [4.78, 5) is 0. The van der Waals surface area contributed by atoms with E-state index in [0.29, 0.717) is 5.92 Å². The van der Waals surface area contributed by atoms with Crippen LogP contribution in [0.25, 0.3) is 0 Å². The molecule has 0 bridgehead atoms. The van der Waals surface area contributed by atoms with E-state index in [9.17, 15) is 0 Å². The molecule has 0 saturated heterocycles. The number of hydrogen-bond donors (Lipinski definition) is 1. The standard InChI is InChI=1S/C11H23BrO2/c1-9(8-13)6-5-7-10(14-4)11(2,3)12/h9-10,13H,5-8H2,1-4H3. The molecular weight excluding hydrogens is 244 g/mol. The van der Waals surface area contributed by atoms with Crippen LogP contribution in [0.5, 0.6) is 0 Å². The van der Waals surface area contributed by atoms with Crippen LogP contribution in [0.15, 0.2) is 0 Å². The molecule has 0 spiro atoms. The van der Waals surface area contributed by atoms with Crippen LogP contribution < -0.4 is 0 Å². The summed E-state index contributed by atoms with van der Waals surface area (Å²) in [6, 6.07) is 0. The summed E-state index contributed by atoms with van der Waals surface area (Å²) >= 11 is 3.62.